The molecule has 23 heavy (non-hydrogen) atoms. The Balaban J connectivity index is 1.84. The lowest BCUT2D eigenvalue weighted by Gasteiger charge is -1.98. The number of rotatable bonds is 2. The molecule has 0 saturated heterocycles. The average Bonchev–Trinajstić information content (AvgIpc) is 3.11. The Kier molecular flexibility index (Phi) is 3.09. The first-order valence-corrected chi connectivity index (χ1v) is 7.27. The second kappa shape index (κ2) is 5.13. The maximum Gasteiger partial charge on any atom is 0.266 e. The fraction of sp³-hybridized carbons (Fsp3) is 0.133. The van der Waals surface area contributed by atoms with Gasteiger partial charge in [-0.05, 0) is 26.0 Å². The number of hydrogen-bond acceptors (Lipinski definition) is 6. The molecular weight excluding hydrogens is 316 g/mol. The van der Waals surface area contributed by atoms with E-state index in [1.54, 1.807) is 24.7 Å². The minimum absolute atomic E-state index is 0.358. The van der Waals surface area contributed by atoms with Crippen molar-refractivity contribution in [3.8, 4) is 23.0 Å². The van der Waals surface area contributed by atoms with Crippen molar-refractivity contribution in [3.63, 3.8) is 0 Å². The van der Waals surface area contributed by atoms with Crippen LogP contribution >= 0.6 is 11.6 Å². The van der Waals surface area contributed by atoms with Gasteiger partial charge in [0, 0.05) is 18.6 Å². The second-order valence-corrected chi connectivity index (χ2v) is 5.49. The van der Waals surface area contributed by atoms with Gasteiger partial charge in [-0.25, -0.2) is 15.0 Å². The summed E-state index contributed by atoms with van der Waals surface area (Å²) in [5.41, 5.74) is 2.93. The average molecular weight is 327 g/mol. The fourth-order valence-electron chi connectivity index (χ4n) is 2.33. The van der Waals surface area contributed by atoms with Crippen LogP contribution in [0.4, 0.5) is 0 Å². The Hall–Kier alpha value is -2.80. The number of pyridine rings is 1. The summed E-state index contributed by atoms with van der Waals surface area (Å²) in [6.07, 6.45) is 5.07. The summed E-state index contributed by atoms with van der Waals surface area (Å²) in [5.74, 6) is 1.41. The standard InChI is InChI=1S/C15H11ClN6O/c1-8-13(22-7-11(16)3-4-12(22)19-8)15-21-20-14(23-15)10-5-17-9(2)18-6-10/h3-7H,1-2H3. The molecule has 4 rings (SSSR count). The molecule has 4 aromatic rings. The van der Waals surface area contributed by atoms with E-state index < -0.39 is 0 Å². The van der Waals surface area contributed by atoms with Gasteiger partial charge >= 0.3 is 0 Å². The number of aryl methyl sites for hydroxylation is 2. The molecule has 0 N–H and O–H groups in total. The number of imidazole rings is 1. The van der Waals surface area contributed by atoms with Gasteiger partial charge in [0.25, 0.3) is 11.8 Å². The molecule has 4 heterocycles. The molecule has 0 amide bonds. The van der Waals surface area contributed by atoms with Gasteiger partial charge in [-0.1, -0.05) is 11.6 Å². The largest absolute Gasteiger partial charge is 0.414 e. The Morgan fingerprint density at radius 1 is 1.04 bits per heavy atom. The highest BCUT2D eigenvalue weighted by Gasteiger charge is 2.18. The predicted molar refractivity (Wildman–Crippen MR) is 84.0 cm³/mol. The lowest BCUT2D eigenvalue weighted by atomic mass is 10.3. The number of nitrogens with zero attached hydrogens (tertiary/aromatic N) is 6. The van der Waals surface area contributed by atoms with Crippen LogP contribution in [0.2, 0.25) is 5.02 Å². The number of aromatic nitrogens is 6. The Morgan fingerprint density at radius 3 is 2.57 bits per heavy atom. The molecule has 0 aliphatic rings. The zero-order valence-corrected chi connectivity index (χ0v) is 13.1. The molecule has 7 nitrogen and oxygen atoms in total. The molecule has 0 bridgehead atoms. The highest BCUT2D eigenvalue weighted by atomic mass is 35.5. The minimum Gasteiger partial charge on any atom is -0.414 e. The fourth-order valence-corrected chi connectivity index (χ4v) is 2.49. The van der Waals surface area contributed by atoms with Crippen molar-refractivity contribution in [1.82, 2.24) is 29.5 Å². The zero-order valence-electron chi connectivity index (χ0n) is 12.4. The summed E-state index contributed by atoms with van der Waals surface area (Å²) in [6.45, 7) is 3.70. The third-order valence-corrected chi connectivity index (χ3v) is 3.64. The van der Waals surface area contributed by atoms with Crippen molar-refractivity contribution in [3.05, 3.63) is 47.3 Å². The molecule has 4 aromatic heterocycles. The zero-order chi connectivity index (χ0) is 16.0. The topological polar surface area (TPSA) is 82.0 Å². The van der Waals surface area contributed by atoms with Crippen molar-refractivity contribution >= 4 is 17.2 Å². The molecule has 0 radical (unpaired) electrons. The first-order valence-electron chi connectivity index (χ1n) is 6.89. The molecule has 0 aromatic carbocycles. The second-order valence-electron chi connectivity index (χ2n) is 5.05. The maximum atomic E-state index is 6.07. The summed E-state index contributed by atoms with van der Waals surface area (Å²) < 4.78 is 7.61. The minimum atomic E-state index is 0.358. The number of halogens is 1. The SMILES string of the molecule is Cc1ncc(-c2nnc(-c3c(C)nc4ccc(Cl)cn34)o2)cn1. The van der Waals surface area contributed by atoms with E-state index in [4.69, 9.17) is 16.0 Å². The van der Waals surface area contributed by atoms with Gasteiger partial charge in [-0.2, -0.15) is 0 Å². The van der Waals surface area contributed by atoms with Crippen LogP contribution in [0.25, 0.3) is 28.7 Å². The van der Waals surface area contributed by atoms with Crippen molar-refractivity contribution < 1.29 is 4.42 Å². The van der Waals surface area contributed by atoms with Crippen LogP contribution in [0.3, 0.4) is 0 Å². The van der Waals surface area contributed by atoms with E-state index in [0.717, 1.165) is 11.3 Å². The lowest BCUT2D eigenvalue weighted by molar-refractivity contribution is 0.580. The van der Waals surface area contributed by atoms with Gasteiger partial charge in [0.1, 0.15) is 17.2 Å². The van der Waals surface area contributed by atoms with E-state index in [9.17, 15) is 0 Å². The Morgan fingerprint density at radius 2 is 1.78 bits per heavy atom. The first-order chi connectivity index (χ1) is 11.1. The molecule has 0 saturated carbocycles. The van der Waals surface area contributed by atoms with Crippen LogP contribution in [0, 0.1) is 13.8 Å². The van der Waals surface area contributed by atoms with E-state index >= 15 is 0 Å². The van der Waals surface area contributed by atoms with Gasteiger partial charge in [-0.15, -0.1) is 10.2 Å². The van der Waals surface area contributed by atoms with E-state index in [1.165, 1.54) is 0 Å². The molecule has 0 aliphatic carbocycles. The molecule has 0 atom stereocenters. The van der Waals surface area contributed by atoms with E-state index in [2.05, 4.69) is 25.1 Å². The van der Waals surface area contributed by atoms with Crippen molar-refractivity contribution in [2.24, 2.45) is 0 Å². The first kappa shape index (κ1) is 13.8. The summed E-state index contributed by atoms with van der Waals surface area (Å²) >= 11 is 6.07. The molecule has 0 spiro atoms. The Labute approximate surface area is 136 Å². The predicted octanol–water partition coefficient (Wildman–Crippen LogP) is 3.11. The monoisotopic (exact) mass is 326 g/mol. The van der Waals surface area contributed by atoms with Crippen LogP contribution in [-0.2, 0) is 0 Å². The van der Waals surface area contributed by atoms with Crippen molar-refractivity contribution in [2.75, 3.05) is 0 Å². The van der Waals surface area contributed by atoms with Crippen molar-refractivity contribution in [1.29, 1.82) is 0 Å². The van der Waals surface area contributed by atoms with Gasteiger partial charge in [-0.3, -0.25) is 4.40 Å². The quantitative estimate of drug-likeness (QED) is 0.563. The highest BCUT2D eigenvalue weighted by molar-refractivity contribution is 6.30. The summed E-state index contributed by atoms with van der Waals surface area (Å²) in [5, 5.41) is 8.79. The third-order valence-electron chi connectivity index (χ3n) is 3.41. The van der Waals surface area contributed by atoms with Crippen LogP contribution in [0.5, 0.6) is 0 Å². The van der Waals surface area contributed by atoms with Crippen LogP contribution in [0.1, 0.15) is 11.5 Å². The summed E-state index contributed by atoms with van der Waals surface area (Å²) in [4.78, 5) is 12.7. The number of hydrogen-bond donors (Lipinski definition) is 0. The van der Waals surface area contributed by atoms with Crippen LogP contribution < -0.4 is 0 Å². The maximum absolute atomic E-state index is 6.07. The van der Waals surface area contributed by atoms with Crippen LogP contribution in [-0.4, -0.2) is 29.5 Å². The molecule has 114 valence electrons. The molecule has 0 aliphatic heterocycles. The van der Waals surface area contributed by atoms with E-state index in [1.807, 2.05) is 24.3 Å². The smallest absolute Gasteiger partial charge is 0.266 e. The van der Waals surface area contributed by atoms with Crippen LogP contribution in [0.15, 0.2) is 35.1 Å². The third kappa shape index (κ3) is 2.35. The Bertz CT molecular complexity index is 1000. The number of fused-ring (bicyclic) bond motifs is 1. The molecule has 0 unspecified atom stereocenters. The highest BCUT2D eigenvalue weighted by Crippen LogP contribution is 2.27. The van der Waals surface area contributed by atoms with Gasteiger partial charge in [0.2, 0.25) is 0 Å². The molecule has 8 heteroatoms. The summed E-state index contributed by atoms with van der Waals surface area (Å²) in [7, 11) is 0. The van der Waals surface area contributed by atoms with E-state index in [-0.39, 0.29) is 0 Å². The normalized spacial score (nSPS) is 11.3. The van der Waals surface area contributed by atoms with E-state index in [0.29, 0.717) is 33.9 Å². The molecular formula is C15H11ClN6O. The molecule has 0 fully saturated rings. The summed E-state index contributed by atoms with van der Waals surface area (Å²) in [6, 6.07) is 3.62. The lowest BCUT2D eigenvalue weighted by Crippen LogP contribution is -1.89. The van der Waals surface area contributed by atoms with Gasteiger partial charge in [0.15, 0.2) is 0 Å². The van der Waals surface area contributed by atoms with Gasteiger partial charge in [0.05, 0.1) is 16.3 Å². The van der Waals surface area contributed by atoms with Crippen molar-refractivity contribution in [2.45, 2.75) is 13.8 Å². The van der Waals surface area contributed by atoms with Gasteiger partial charge < -0.3 is 4.42 Å².